The Morgan fingerprint density at radius 1 is 0.818 bits per heavy atom. The zero-order valence-corrected chi connectivity index (χ0v) is 18.7. The SMILES string of the molecule is Cc1ncc(-c2ccc(-c3ccc4c(c3)c3ccccc3c3nc(C(C)C)[nH]c43)cc2F)[nH]1. The smallest absolute Gasteiger partial charge is 0.133 e. The van der Waals surface area contributed by atoms with E-state index in [0.717, 1.165) is 55.4 Å². The van der Waals surface area contributed by atoms with Gasteiger partial charge in [0.15, 0.2) is 0 Å². The zero-order valence-electron chi connectivity index (χ0n) is 18.7. The van der Waals surface area contributed by atoms with Crippen molar-refractivity contribution in [3.63, 3.8) is 0 Å². The normalized spacial score (nSPS) is 11.9. The summed E-state index contributed by atoms with van der Waals surface area (Å²) in [6.45, 7) is 6.14. The van der Waals surface area contributed by atoms with Crippen LogP contribution in [0.2, 0.25) is 0 Å². The fourth-order valence-electron chi connectivity index (χ4n) is 4.61. The largest absolute Gasteiger partial charge is 0.342 e. The number of aryl methyl sites for hydroxylation is 1. The molecule has 6 aromatic rings. The number of imidazole rings is 2. The summed E-state index contributed by atoms with van der Waals surface area (Å²) in [6.07, 6.45) is 1.66. The Morgan fingerprint density at radius 3 is 2.30 bits per heavy atom. The van der Waals surface area contributed by atoms with E-state index in [2.05, 4.69) is 65.2 Å². The third kappa shape index (κ3) is 3.11. The van der Waals surface area contributed by atoms with Gasteiger partial charge in [0.05, 0.1) is 22.9 Å². The monoisotopic (exact) mass is 434 g/mol. The van der Waals surface area contributed by atoms with Crippen LogP contribution in [0.3, 0.4) is 0 Å². The van der Waals surface area contributed by atoms with E-state index >= 15 is 4.39 Å². The van der Waals surface area contributed by atoms with Crippen molar-refractivity contribution < 1.29 is 4.39 Å². The lowest BCUT2D eigenvalue weighted by Gasteiger charge is -2.10. The molecule has 2 N–H and O–H groups in total. The maximum absolute atomic E-state index is 15.0. The van der Waals surface area contributed by atoms with Crippen LogP contribution in [-0.2, 0) is 0 Å². The first kappa shape index (κ1) is 19.7. The summed E-state index contributed by atoms with van der Waals surface area (Å²) in [6, 6.07) is 20.1. The number of rotatable bonds is 3. The summed E-state index contributed by atoms with van der Waals surface area (Å²) in [5.41, 5.74) is 5.07. The lowest BCUT2D eigenvalue weighted by molar-refractivity contribution is 0.631. The molecule has 4 nitrogen and oxygen atoms in total. The maximum atomic E-state index is 15.0. The lowest BCUT2D eigenvalue weighted by Crippen LogP contribution is -1.88. The molecule has 0 aliphatic rings. The molecule has 6 rings (SSSR count). The van der Waals surface area contributed by atoms with Crippen LogP contribution in [0.5, 0.6) is 0 Å². The van der Waals surface area contributed by atoms with Crippen LogP contribution >= 0.6 is 0 Å². The standard InChI is InChI=1S/C28H23FN4/c1-15(2)28-32-26-20-7-5-4-6-19(20)23-12-17(8-10-21(23)27(26)33-28)18-9-11-22(24(29)13-18)25-14-30-16(3)31-25/h4-15H,1-3H3,(H,30,31)(H,32,33). The number of benzene rings is 4. The summed E-state index contributed by atoms with van der Waals surface area (Å²) in [5.74, 6) is 1.79. The molecule has 0 aliphatic carbocycles. The van der Waals surface area contributed by atoms with Gasteiger partial charge in [-0.25, -0.2) is 14.4 Å². The van der Waals surface area contributed by atoms with E-state index in [0.29, 0.717) is 17.2 Å². The highest BCUT2D eigenvalue weighted by atomic mass is 19.1. The predicted molar refractivity (Wildman–Crippen MR) is 133 cm³/mol. The van der Waals surface area contributed by atoms with Gasteiger partial charge in [0.1, 0.15) is 17.5 Å². The number of nitrogens with zero attached hydrogens (tertiary/aromatic N) is 2. The number of hydrogen-bond donors (Lipinski definition) is 2. The first-order chi connectivity index (χ1) is 16.0. The summed E-state index contributed by atoms with van der Waals surface area (Å²) in [4.78, 5) is 15.7. The third-order valence-corrected chi connectivity index (χ3v) is 6.33. The van der Waals surface area contributed by atoms with Crippen LogP contribution in [0.25, 0.3) is 55.0 Å². The summed E-state index contributed by atoms with van der Waals surface area (Å²) >= 11 is 0. The minimum Gasteiger partial charge on any atom is -0.342 e. The first-order valence-electron chi connectivity index (χ1n) is 11.2. The van der Waals surface area contributed by atoms with Gasteiger partial charge >= 0.3 is 0 Å². The molecule has 0 unspecified atom stereocenters. The van der Waals surface area contributed by atoms with Crippen LogP contribution in [0.4, 0.5) is 4.39 Å². The second kappa shape index (κ2) is 7.27. The van der Waals surface area contributed by atoms with E-state index in [9.17, 15) is 0 Å². The predicted octanol–water partition coefficient (Wildman–Crippen LogP) is 7.50. The Morgan fingerprint density at radius 2 is 1.58 bits per heavy atom. The molecule has 0 radical (unpaired) electrons. The number of H-pyrrole nitrogens is 2. The highest BCUT2D eigenvalue weighted by Gasteiger charge is 2.15. The van der Waals surface area contributed by atoms with E-state index in [-0.39, 0.29) is 5.82 Å². The molecule has 2 heterocycles. The molecular weight excluding hydrogens is 411 g/mol. The minimum absolute atomic E-state index is 0.272. The Hall–Kier alpha value is -3.99. The lowest BCUT2D eigenvalue weighted by atomic mass is 9.95. The first-order valence-corrected chi connectivity index (χ1v) is 11.2. The van der Waals surface area contributed by atoms with Crippen molar-refractivity contribution in [3.8, 4) is 22.4 Å². The second-order valence-corrected chi connectivity index (χ2v) is 8.88. The quantitative estimate of drug-likeness (QED) is 0.283. The summed E-state index contributed by atoms with van der Waals surface area (Å²) in [7, 11) is 0. The van der Waals surface area contributed by atoms with Gasteiger partial charge in [-0.2, -0.15) is 0 Å². The van der Waals surface area contributed by atoms with Crippen molar-refractivity contribution in [3.05, 3.63) is 84.3 Å². The van der Waals surface area contributed by atoms with Crippen LogP contribution in [-0.4, -0.2) is 19.9 Å². The molecule has 0 atom stereocenters. The van der Waals surface area contributed by atoms with Gasteiger partial charge in [-0.05, 0) is 47.0 Å². The molecule has 0 saturated carbocycles. The van der Waals surface area contributed by atoms with Crippen molar-refractivity contribution >= 4 is 32.6 Å². The number of halogens is 1. The molecular formula is C28H23FN4. The van der Waals surface area contributed by atoms with Crippen LogP contribution in [0.15, 0.2) is 66.9 Å². The molecule has 33 heavy (non-hydrogen) atoms. The third-order valence-electron chi connectivity index (χ3n) is 6.33. The number of aromatic nitrogens is 4. The molecule has 0 spiro atoms. The number of fused-ring (bicyclic) bond motifs is 6. The van der Waals surface area contributed by atoms with E-state index in [1.165, 1.54) is 0 Å². The summed E-state index contributed by atoms with van der Waals surface area (Å²) < 4.78 is 15.0. The van der Waals surface area contributed by atoms with Crippen molar-refractivity contribution in [2.45, 2.75) is 26.7 Å². The molecule has 162 valence electrons. The molecule has 2 aromatic heterocycles. The molecule has 0 bridgehead atoms. The molecule has 0 aliphatic heterocycles. The van der Waals surface area contributed by atoms with Gasteiger partial charge in [0.2, 0.25) is 0 Å². The molecule has 0 fully saturated rings. The topological polar surface area (TPSA) is 57.4 Å². The Kier molecular flexibility index (Phi) is 4.34. The molecule has 4 aromatic carbocycles. The van der Waals surface area contributed by atoms with Gasteiger partial charge in [-0.15, -0.1) is 0 Å². The average Bonchev–Trinajstić information content (AvgIpc) is 3.46. The number of aromatic amines is 2. The molecule has 0 saturated heterocycles. The summed E-state index contributed by atoms with van der Waals surface area (Å²) in [5, 5.41) is 4.52. The van der Waals surface area contributed by atoms with Gasteiger partial charge in [0, 0.05) is 22.3 Å². The minimum atomic E-state index is -0.272. The molecule has 5 heteroatoms. The van der Waals surface area contributed by atoms with Crippen molar-refractivity contribution in [1.29, 1.82) is 0 Å². The maximum Gasteiger partial charge on any atom is 0.133 e. The van der Waals surface area contributed by atoms with Crippen LogP contribution in [0.1, 0.15) is 31.4 Å². The van der Waals surface area contributed by atoms with Gasteiger partial charge in [-0.3, -0.25) is 0 Å². The van der Waals surface area contributed by atoms with E-state index in [1.807, 2.05) is 25.1 Å². The van der Waals surface area contributed by atoms with Gasteiger partial charge in [0.25, 0.3) is 0 Å². The van der Waals surface area contributed by atoms with Crippen molar-refractivity contribution in [1.82, 2.24) is 19.9 Å². The fourth-order valence-corrected chi connectivity index (χ4v) is 4.61. The van der Waals surface area contributed by atoms with Gasteiger partial charge < -0.3 is 9.97 Å². The van der Waals surface area contributed by atoms with E-state index in [4.69, 9.17) is 4.98 Å². The van der Waals surface area contributed by atoms with E-state index in [1.54, 1.807) is 12.3 Å². The second-order valence-electron chi connectivity index (χ2n) is 8.88. The average molecular weight is 435 g/mol. The fraction of sp³-hybridized carbons (Fsp3) is 0.143. The van der Waals surface area contributed by atoms with Gasteiger partial charge in [-0.1, -0.05) is 56.3 Å². The zero-order chi connectivity index (χ0) is 22.7. The van der Waals surface area contributed by atoms with Crippen molar-refractivity contribution in [2.75, 3.05) is 0 Å². The van der Waals surface area contributed by atoms with E-state index < -0.39 is 0 Å². The Balaban J connectivity index is 1.56. The Labute approximate surface area is 190 Å². The highest BCUT2D eigenvalue weighted by molar-refractivity contribution is 6.23. The molecule has 0 amide bonds. The number of nitrogens with one attached hydrogen (secondary N) is 2. The number of hydrogen-bond acceptors (Lipinski definition) is 2. The van der Waals surface area contributed by atoms with Crippen molar-refractivity contribution in [2.24, 2.45) is 0 Å². The van der Waals surface area contributed by atoms with Crippen LogP contribution in [0, 0.1) is 12.7 Å². The van der Waals surface area contributed by atoms with Crippen LogP contribution < -0.4 is 0 Å². The highest BCUT2D eigenvalue weighted by Crippen LogP contribution is 2.37. The Bertz CT molecular complexity index is 1670.